The molecule has 0 unspecified atom stereocenters. The lowest BCUT2D eigenvalue weighted by Gasteiger charge is -2.40. The van der Waals surface area contributed by atoms with Crippen molar-refractivity contribution in [1.29, 1.82) is 0 Å². The molecular formula is C26H42N2O9. The van der Waals surface area contributed by atoms with E-state index in [2.05, 4.69) is 12.2 Å². The topological polar surface area (TPSA) is 155 Å². The Morgan fingerprint density at radius 1 is 1.11 bits per heavy atom. The molecule has 11 nitrogen and oxygen atoms in total. The Morgan fingerprint density at radius 2 is 1.81 bits per heavy atom. The van der Waals surface area contributed by atoms with Crippen molar-refractivity contribution in [2.24, 2.45) is 0 Å². The highest BCUT2D eigenvalue weighted by Gasteiger charge is 2.44. The summed E-state index contributed by atoms with van der Waals surface area (Å²) in [4.78, 5) is 38.6. The zero-order valence-corrected chi connectivity index (χ0v) is 21.8. The first-order valence-corrected chi connectivity index (χ1v) is 13.6. The van der Waals surface area contributed by atoms with Crippen molar-refractivity contribution in [1.82, 2.24) is 10.2 Å². The van der Waals surface area contributed by atoms with Crippen LogP contribution in [0.25, 0.3) is 0 Å². The van der Waals surface area contributed by atoms with Crippen LogP contribution in [0.4, 0.5) is 4.79 Å². The SMILES string of the molecule is CCCCCCCCC[C@H](CC(=O)NC(=O)/C=C1/OC(=O)N2CCC[C@H]12)O[C@@H]1O[C@@H](C)[C@H](O)[C@@H](O)[C@H]1O. The second-order valence-corrected chi connectivity index (χ2v) is 10.2. The molecule has 0 aliphatic carbocycles. The van der Waals surface area contributed by atoms with Gasteiger partial charge in [-0.15, -0.1) is 0 Å². The quantitative estimate of drug-likeness (QED) is 0.208. The third kappa shape index (κ3) is 8.22. The number of nitrogens with one attached hydrogen (secondary N) is 1. The molecule has 210 valence electrons. The molecule has 3 heterocycles. The molecule has 11 heteroatoms. The van der Waals surface area contributed by atoms with Gasteiger partial charge in [-0.3, -0.25) is 19.8 Å². The Morgan fingerprint density at radius 3 is 2.54 bits per heavy atom. The van der Waals surface area contributed by atoms with Crippen molar-refractivity contribution < 1.29 is 43.9 Å². The van der Waals surface area contributed by atoms with Crippen LogP contribution in [0.15, 0.2) is 11.8 Å². The Bertz CT molecular complexity index is 820. The molecule has 3 fully saturated rings. The van der Waals surface area contributed by atoms with E-state index >= 15 is 0 Å². The summed E-state index contributed by atoms with van der Waals surface area (Å²) in [6.07, 6.45) is 3.15. The van der Waals surface area contributed by atoms with Gasteiger partial charge in [0.1, 0.15) is 24.1 Å². The largest absolute Gasteiger partial charge is 0.415 e. The Labute approximate surface area is 218 Å². The number of fused-ring (bicyclic) bond motifs is 1. The highest BCUT2D eigenvalue weighted by Crippen LogP contribution is 2.31. The van der Waals surface area contributed by atoms with Crippen molar-refractivity contribution in [2.45, 2.75) is 127 Å². The summed E-state index contributed by atoms with van der Waals surface area (Å²) in [5, 5.41) is 32.7. The number of hydrogen-bond acceptors (Lipinski definition) is 9. The summed E-state index contributed by atoms with van der Waals surface area (Å²) in [7, 11) is 0. The maximum absolute atomic E-state index is 12.7. The van der Waals surface area contributed by atoms with E-state index in [4.69, 9.17) is 14.2 Å². The third-order valence-corrected chi connectivity index (χ3v) is 7.23. The van der Waals surface area contributed by atoms with Crippen LogP contribution in [0.3, 0.4) is 0 Å². The summed E-state index contributed by atoms with van der Waals surface area (Å²) >= 11 is 0. The van der Waals surface area contributed by atoms with E-state index in [9.17, 15) is 29.7 Å². The predicted molar refractivity (Wildman–Crippen MR) is 132 cm³/mol. The first-order chi connectivity index (χ1) is 17.7. The molecule has 0 spiro atoms. The number of aliphatic hydroxyl groups excluding tert-OH is 3. The minimum absolute atomic E-state index is 0.167. The van der Waals surface area contributed by atoms with Crippen LogP contribution in [-0.2, 0) is 23.8 Å². The zero-order valence-electron chi connectivity index (χ0n) is 21.8. The number of aliphatic hydroxyl groups is 3. The summed E-state index contributed by atoms with van der Waals surface area (Å²) in [6, 6.07) is -0.268. The predicted octanol–water partition coefficient (Wildman–Crippen LogP) is 1.87. The van der Waals surface area contributed by atoms with E-state index in [-0.39, 0.29) is 18.2 Å². The van der Waals surface area contributed by atoms with Crippen LogP contribution < -0.4 is 5.32 Å². The van der Waals surface area contributed by atoms with Crippen molar-refractivity contribution in [3.8, 4) is 0 Å². The van der Waals surface area contributed by atoms with E-state index in [1.54, 1.807) is 11.8 Å². The fourth-order valence-corrected chi connectivity index (χ4v) is 5.06. The van der Waals surface area contributed by atoms with Gasteiger partial charge in [0.2, 0.25) is 5.91 Å². The van der Waals surface area contributed by atoms with Crippen LogP contribution >= 0.6 is 0 Å². The summed E-state index contributed by atoms with van der Waals surface area (Å²) in [6.45, 7) is 4.30. The number of ether oxygens (including phenoxy) is 3. The van der Waals surface area contributed by atoms with Crippen LogP contribution in [0, 0.1) is 0 Å². The van der Waals surface area contributed by atoms with Crippen molar-refractivity contribution in [2.75, 3.05) is 6.54 Å². The van der Waals surface area contributed by atoms with Gasteiger partial charge in [-0.05, 0) is 26.2 Å². The van der Waals surface area contributed by atoms with Gasteiger partial charge in [-0.2, -0.15) is 0 Å². The van der Waals surface area contributed by atoms with Crippen LogP contribution in [-0.4, -0.2) is 87.5 Å². The lowest BCUT2D eigenvalue weighted by Crippen LogP contribution is -2.58. The normalized spacial score (nSPS) is 31.3. The minimum Gasteiger partial charge on any atom is -0.412 e. The number of rotatable bonds is 13. The summed E-state index contributed by atoms with van der Waals surface area (Å²) < 4.78 is 16.6. The van der Waals surface area contributed by atoms with Gasteiger partial charge in [-0.25, -0.2) is 4.79 Å². The fraction of sp³-hybridized carbons (Fsp3) is 0.808. The lowest BCUT2D eigenvalue weighted by atomic mass is 9.99. The van der Waals surface area contributed by atoms with Crippen LogP contribution in [0.5, 0.6) is 0 Å². The van der Waals surface area contributed by atoms with E-state index in [1.165, 1.54) is 19.3 Å². The van der Waals surface area contributed by atoms with E-state index < -0.39 is 54.7 Å². The molecule has 3 saturated heterocycles. The van der Waals surface area contributed by atoms with Gasteiger partial charge < -0.3 is 29.5 Å². The second-order valence-electron chi connectivity index (χ2n) is 10.2. The summed E-state index contributed by atoms with van der Waals surface area (Å²) in [5.41, 5.74) is 0. The number of amides is 3. The van der Waals surface area contributed by atoms with E-state index in [0.29, 0.717) is 19.4 Å². The Kier molecular flexibility index (Phi) is 11.3. The summed E-state index contributed by atoms with van der Waals surface area (Å²) in [5.74, 6) is -1.03. The number of cyclic esters (lactones) is 1. The zero-order chi connectivity index (χ0) is 26.9. The third-order valence-electron chi connectivity index (χ3n) is 7.23. The van der Waals surface area contributed by atoms with Crippen molar-refractivity contribution in [3.05, 3.63) is 11.8 Å². The molecule has 0 saturated carbocycles. The van der Waals surface area contributed by atoms with E-state index in [1.807, 2.05) is 0 Å². The molecule has 0 aromatic heterocycles. The molecule has 3 amide bonds. The molecule has 3 aliphatic heterocycles. The molecule has 3 aliphatic rings. The molecule has 3 rings (SSSR count). The molecule has 0 aromatic carbocycles. The number of carbonyl (C=O) groups excluding carboxylic acids is 3. The first-order valence-electron chi connectivity index (χ1n) is 13.6. The van der Waals surface area contributed by atoms with Gasteiger partial charge in [0.05, 0.1) is 24.7 Å². The Hall–Kier alpha value is -2.05. The van der Waals surface area contributed by atoms with Gasteiger partial charge in [0.25, 0.3) is 5.91 Å². The van der Waals surface area contributed by atoms with Crippen molar-refractivity contribution in [3.63, 3.8) is 0 Å². The first kappa shape index (κ1) is 29.5. The van der Waals surface area contributed by atoms with Crippen LogP contribution in [0.1, 0.15) is 84.5 Å². The molecule has 7 atom stereocenters. The molecular weight excluding hydrogens is 484 g/mol. The van der Waals surface area contributed by atoms with Gasteiger partial charge >= 0.3 is 6.09 Å². The van der Waals surface area contributed by atoms with Gasteiger partial charge in [0, 0.05) is 12.6 Å². The molecule has 37 heavy (non-hydrogen) atoms. The minimum atomic E-state index is -1.48. The number of unbranched alkanes of at least 4 members (excludes halogenated alkanes) is 6. The second kappa shape index (κ2) is 14.2. The molecule has 0 aromatic rings. The number of hydrogen-bond donors (Lipinski definition) is 4. The average Bonchev–Trinajstić information content (AvgIpc) is 3.45. The number of nitrogens with zero attached hydrogens (tertiary/aromatic N) is 1. The molecule has 4 N–H and O–H groups in total. The fourth-order valence-electron chi connectivity index (χ4n) is 5.06. The highest BCUT2D eigenvalue weighted by atomic mass is 16.7. The van der Waals surface area contributed by atoms with E-state index in [0.717, 1.165) is 38.2 Å². The highest BCUT2D eigenvalue weighted by molar-refractivity contribution is 6.01. The number of imide groups is 1. The number of carbonyl (C=O) groups is 3. The van der Waals surface area contributed by atoms with Crippen molar-refractivity contribution >= 4 is 17.9 Å². The monoisotopic (exact) mass is 526 g/mol. The van der Waals surface area contributed by atoms with Crippen LogP contribution in [0.2, 0.25) is 0 Å². The smallest absolute Gasteiger partial charge is 0.412 e. The Balaban J connectivity index is 1.55. The maximum atomic E-state index is 12.7. The average molecular weight is 527 g/mol. The molecule has 0 radical (unpaired) electrons. The van der Waals surface area contributed by atoms with Gasteiger partial charge in [0.15, 0.2) is 6.29 Å². The maximum Gasteiger partial charge on any atom is 0.415 e. The standard InChI is InChI=1S/C26H42N2O9/c1-3-4-5-6-7-8-9-11-17(36-25-24(33)23(32)22(31)16(2)35-25)14-20(29)27-21(30)15-19-18-12-10-13-28(18)26(34)37-19/h15-18,22-25,31-33H,3-14H2,1-2H3,(H,27,29,30)/b19-15+/t16-,17+,18+,22-,23+,24+,25-/m0/s1. The van der Waals surface area contributed by atoms with Gasteiger partial charge in [-0.1, -0.05) is 51.9 Å². The lowest BCUT2D eigenvalue weighted by molar-refractivity contribution is -0.304. The molecule has 0 bridgehead atoms.